The van der Waals surface area contributed by atoms with Crippen LogP contribution in [0.2, 0.25) is 0 Å². The predicted molar refractivity (Wildman–Crippen MR) is 93.8 cm³/mol. The maximum Gasteiger partial charge on any atom is 0.191 e. The molecule has 0 bridgehead atoms. The maximum atomic E-state index is 6.09. The maximum absolute atomic E-state index is 6.09. The first-order chi connectivity index (χ1) is 11.2. The van der Waals surface area contributed by atoms with Crippen molar-refractivity contribution in [3.05, 3.63) is 47.3 Å². The van der Waals surface area contributed by atoms with Crippen LogP contribution in [0.25, 0.3) is 5.69 Å². The molecule has 0 aliphatic heterocycles. The molecule has 1 aliphatic rings. The van der Waals surface area contributed by atoms with Crippen molar-refractivity contribution in [1.82, 2.24) is 14.7 Å². The lowest BCUT2D eigenvalue weighted by Crippen LogP contribution is -2.37. The summed E-state index contributed by atoms with van der Waals surface area (Å²) < 4.78 is 2.08. The van der Waals surface area contributed by atoms with Crippen LogP contribution >= 0.6 is 0 Å². The molecule has 0 atom stereocenters. The summed E-state index contributed by atoms with van der Waals surface area (Å²) in [6, 6.07) is 10.3. The summed E-state index contributed by atoms with van der Waals surface area (Å²) in [5.41, 5.74) is 11.0. The van der Waals surface area contributed by atoms with Crippen LogP contribution in [0.3, 0.4) is 0 Å². The summed E-state index contributed by atoms with van der Waals surface area (Å²) in [5, 5.41) is 4.82. The van der Waals surface area contributed by atoms with Crippen LogP contribution in [0.4, 0.5) is 0 Å². The molecule has 122 valence electrons. The zero-order valence-electron chi connectivity index (χ0n) is 14.0. The van der Waals surface area contributed by atoms with Gasteiger partial charge >= 0.3 is 0 Å². The average molecular weight is 311 g/mol. The van der Waals surface area contributed by atoms with Crippen LogP contribution in [0.1, 0.15) is 37.2 Å². The normalized spacial score (nSPS) is 14.1. The largest absolute Gasteiger partial charge is 0.370 e. The van der Waals surface area contributed by atoms with E-state index in [-0.39, 0.29) is 0 Å². The Morgan fingerprint density at radius 1 is 1.22 bits per heavy atom. The molecule has 0 unspecified atom stereocenters. The second kappa shape index (κ2) is 6.86. The first-order valence-corrected chi connectivity index (χ1v) is 8.44. The molecule has 0 saturated carbocycles. The topological polar surface area (TPSA) is 59.4 Å². The van der Waals surface area contributed by atoms with Gasteiger partial charge in [0.15, 0.2) is 5.96 Å². The highest BCUT2D eigenvalue weighted by molar-refractivity contribution is 5.78. The summed E-state index contributed by atoms with van der Waals surface area (Å²) in [6.07, 6.45) is 3.38. The van der Waals surface area contributed by atoms with E-state index < -0.39 is 0 Å². The van der Waals surface area contributed by atoms with E-state index in [0.717, 1.165) is 37.3 Å². The smallest absolute Gasteiger partial charge is 0.191 e. The zero-order valence-corrected chi connectivity index (χ0v) is 14.0. The monoisotopic (exact) mass is 311 g/mol. The third kappa shape index (κ3) is 3.09. The van der Waals surface area contributed by atoms with Crippen LogP contribution in [-0.4, -0.2) is 33.7 Å². The van der Waals surface area contributed by atoms with Crippen molar-refractivity contribution in [2.24, 2.45) is 10.7 Å². The fourth-order valence-corrected chi connectivity index (χ4v) is 3.23. The summed E-state index contributed by atoms with van der Waals surface area (Å²) in [4.78, 5) is 6.63. The second-order valence-electron chi connectivity index (χ2n) is 5.82. The summed E-state index contributed by atoms with van der Waals surface area (Å²) in [7, 11) is 0. The van der Waals surface area contributed by atoms with Gasteiger partial charge in [0.2, 0.25) is 0 Å². The van der Waals surface area contributed by atoms with Crippen molar-refractivity contribution in [3.8, 4) is 5.69 Å². The highest BCUT2D eigenvalue weighted by Crippen LogP contribution is 2.28. The van der Waals surface area contributed by atoms with Crippen LogP contribution in [0.15, 0.2) is 35.3 Å². The highest BCUT2D eigenvalue weighted by atomic mass is 15.3. The number of benzene rings is 1. The van der Waals surface area contributed by atoms with E-state index in [9.17, 15) is 0 Å². The zero-order chi connectivity index (χ0) is 16.2. The van der Waals surface area contributed by atoms with E-state index in [1.54, 1.807) is 0 Å². The minimum atomic E-state index is 0.560. The van der Waals surface area contributed by atoms with Gasteiger partial charge in [-0.1, -0.05) is 18.2 Å². The molecule has 1 aromatic carbocycles. The van der Waals surface area contributed by atoms with E-state index >= 15 is 0 Å². The van der Waals surface area contributed by atoms with E-state index in [0.29, 0.717) is 12.5 Å². The highest BCUT2D eigenvalue weighted by Gasteiger charge is 2.22. The van der Waals surface area contributed by atoms with Crippen LogP contribution < -0.4 is 5.73 Å². The molecule has 0 amide bonds. The van der Waals surface area contributed by atoms with Crippen molar-refractivity contribution in [2.75, 3.05) is 13.1 Å². The number of rotatable bonds is 5. The number of aliphatic imine (C=N–C) groups is 1. The molecule has 5 heteroatoms. The third-order valence-electron chi connectivity index (χ3n) is 4.49. The number of nitrogens with zero attached hydrogens (tertiary/aromatic N) is 4. The molecule has 0 radical (unpaired) electrons. The Kier molecular flexibility index (Phi) is 4.65. The van der Waals surface area contributed by atoms with E-state index in [2.05, 4.69) is 52.7 Å². The minimum absolute atomic E-state index is 0.560. The number of fused-ring (bicyclic) bond motifs is 1. The molecule has 0 saturated heterocycles. The first-order valence-electron chi connectivity index (χ1n) is 8.44. The Morgan fingerprint density at radius 3 is 2.65 bits per heavy atom. The lowest BCUT2D eigenvalue weighted by Gasteiger charge is -2.19. The molecule has 0 spiro atoms. The van der Waals surface area contributed by atoms with Crippen molar-refractivity contribution < 1.29 is 0 Å². The number of para-hydroxylation sites is 1. The van der Waals surface area contributed by atoms with E-state index in [4.69, 9.17) is 10.8 Å². The van der Waals surface area contributed by atoms with Gasteiger partial charge in [-0.15, -0.1) is 0 Å². The van der Waals surface area contributed by atoms with Crippen molar-refractivity contribution in [2.45, 2.75) is 39.7 Å². The van der Waals surface area contributed by atoms with Gasteiger partial charge in [-0.3, -0.25) is 0 Å². The Morgan fingerprint density at radius 2 is 1.96 bits per heavy atom. The fourth-order valence-electron chi connectivity index (χ4n) is 3.23. The second-order valence-corrected chi connectivity index (χ2v) is 5.82. The average Bonchev–Trinajstić information content (AvgIpc) is 3.17. The lowest BCUT2D eigenvalue weighted by molar-refractivity contribution is 0.458. The van der Waals surface area contributed by atoms with Gasteiger partial charge in [-0.25, -0.2) is 9.67 Å². The summed E-state index contributed by atoms with van der Waals surface area (Å²) in [6.45, 7) is 6.50. The molecular formula is C18H25N5. The Balaban J connectivity index is 1.88. The van der Waals surface area contributed by atoms with Crippen molar-refractivity contribution >= 4 is 5.96 Å². The van der Waals surface area contributed by atoms with Crippen molar-refractivity contribution in [1.29, 1.82) is 0 Å². The minimum Gasteiger partial charge on any atom is -0.370 e. The number of guanidine groups is 1. The Hall–Kier alpha value is -2.30. The van der Waals surface area contributed by atoms with Crippen molar-refractivity contribution in [3.63, 3.8) is 0 Å². The van der Waals surface area contributed by atoms with E-state index in [1.165, 1.54) is 17.7 Å². The Bertz CT molecular complexity index is 683. The van der Waals surface area contributed by atoms with E-state index in [1.807, 2.05) is 6.07 Å². The molecule has 1 heterocycles. The summed E-state index contributed by atoms with van der Waals surface area (Å²) in [5.74, 6) is 0.607. The van der Waals surface area contributed by atoms with Crippen LogP contribution in [0, 0.1) is 0 Å². The lowest BCUT2D eigenvalue weighted by atomic mass is 10.2. The molecule has 1 aromatic heterocycles. The van der Waals surface area contributed by atoms with Gasteiger partial charge in [0, 0.05) is 18.8 Å². The quantitative estimate of drug-likeness (QED) is 0.682. The third-order valence-corrected chi connectivity index (χ3v) is 4.49. The molecule has 2 N–H and O–H groups in total. The van der Waals surface area contributed by atoms with Gasteiger partial charge in [0.05, 0.1) is 17.9 Å². The molecule has 1 aliphatic carbocycles. The number of hydrogen-bond acceptors (Lipinski definition) is 2. The van der Waals surface area contributed by atoms with Crippen LogP contribution in [-0.2, 0) is 19.4 Å². The fraction of sp³-hybridized carbons (Fsp3) is 0.444. The number of hydrogen-bond donors (Lipinski definition) is 1. The molecule has 23 heavy (non-hydrogen) atoms. The molecule has 3 rings (SSSR count). The summed E-state index contributed by atoms with van der Waals surface area (Å²) >= 11 is 0. The molecule has 5 nitrogen and oxygen atoms in total. The van der Waals surface area contributed by atoms with Gasteiger partial charge in [-0.05, 0) is 50.8 Å². The predicted octanol–water partition coefficient (Wildman–Crippen LogP) is 2.52. The van der Waals surface area contributed by atoms with Gasteiger partial charge < -0.3 is 10.6 Å². The standard InChI is InChI=1S/C18H25N5/c1-3-22(4-2)18(19)20-13-16-15-11-8-12-17(15)23(21-16)14-9-6-5-7-10-14/h5-7,9-10H,3-4,8,11-13H2,1-2H3,(H2,19,20). The molecule has 0 fully saturated rings. The molecule has 2 aromatic rings. The van der Waals surface area contributed by atoms with Crippen LogP contribution in [0.5, 0.6) is 0 Å². The Labute approximate surface area is 137 Å². The number of aromatic nitrogens is 2. The SMILES string of the molecule is CCN(CC)C(N)=NCc1nn(-c2ccccc2)c2c1CCC2. The number of nitrogens with two attached hydrogens (primary N) is 1. The van der Waals surface area contributed by atoms with Gasteiger partial charge in [0.1, 0.15) is 0 Å². The first kappa shape index (κ1) is 15.6. The molecular weight excluding hydrogens is 286 g/mol. The van der Waals surface area contributed by atoms with Gasteiger partial charge in [-0.2, -0.15) is 5.10 Å². The van der Waals surface area contributed by atoms with Gasteiger partial charge in [0.25, 0.3) is 0 Å².